The highest BCUT2D eigenvalue weighted by Crippen LogP contribution is 2.56. The van der Waals surface area contributed by atoms with Crippen molar-refractivity contribution in [1.29, 1.82) is 0 Å². The van der Waals surface area contributed by atoms with Crippen molar-refractivity contribution in [3.8, 4) is 100 Å². The lowest BCUT2D eigenvalue weighted by Gasteiger charge is -2.22. The Hall–Kier alpha value is -19.6. The van der Waals surface area contributed by atoms with Crippen LogP contribution in [0.4, 0.5) is 0 Å². The van der Waals surface area contributed by atoms with Gasteiger partial charge in [0, 0.05) is 32.3 Å². The first-order valence-corrected chi connectivity index (χ1v) is 49.2. The third kappa shape index (κ3) is 13.7. The van der Waals surface area contributed by atoms with Crippen molar-refractivity contribution in [3.05, 3.63) is 533 Å². The topological polar surface area (TPSA) is 39.4 Å². The van der Waals surface area contributed by atoms with Crippen molar-refractivity contribution in [2.75, 3.05) is 0 Å². The van der Waals surface area contributed by atoms with Crippen LogP contribution < -0.4 is 0 Å². The third-order valence-corrected chi connectivity index (χ3v) is 29.4. The largest absolute Gasteiger partial charge is 0.456 e. The highest BCUT2D eigenvalue weighted by atomic mass is 16.3. The van der Waals surface area contributed by atoms with Gasteiger partial charge in [-0.05, 0) is 311 Å². The van der Waals surface area contributed by atoms with Crippen LogP contribution in [0.25, 0.3) is 317 Å². The molecule has 0 bridgehead atoms. The first-order chi connectivity index (χ1) is 85.2. The maximum atomic E-state index is 9.63. The second-order valence-electron chi connectivity index (χ2n) is 37.4. The first kappa shape index (κ1) is 62.1. The van der Waals surface area contributed by atoms with Gasteiger partial charge in [-0.25, -0.2) is 0 Å². The van der Waals surface area contributed by atoms with Crippen molar-refractivity contribution in [2.24, 2.45) is 0 Å². The molecule has 29 aromatic carbocycles. The minimum Gasteiger partial charge on any atom is -0.456 e. The molecule has 0 atom stereocenters. The maximum absolute atomic E-state index is 9.63. The second kappa shape index (κ2) is 34.6. The summed E-state index contributed by atoms with van der Waals surface area (Å²) >= 11 is 0. The van der Waals surface area contributed by atoms with Crippen LogP contribution in [-0.4, -0.2) is 0 Å². The Kier molecular flexibility index (Phi) is 14.4. The Bertz CT molecular complexity index is 12900. The molecule has 690 valence electrons. The van der Waals surface area contributed by atoms with Gasteiger partial charge >= 0.3 is 0 Å². The lowest BCUT2D eigenvalue weighted by molar-refractivity contribution is 0.669. The summed E-state index contributed by atoms with van der Waals surface area (Å²) in [5, 5.41) is 22.2. The van der Waals surface area contributed by atoms with Crippen LogP contribution >= 0.6 is 0 Å². The van der Waals surface area contributed by atoms with Crippen molar-refractivity contribution < 1.29 is 50.3 Å². The average Bonchev–Trinajstić information content (AvgIpc) is 1.10. The van der Waals surface area contributed by atoms with Gasteiger partial charge < -0.3 is 13.3 Å². The van der Waals surface area contributed by atoms with Crippen molar-refractivity contribution in [3.63, 3.8) is 0 Å². The number of hydrogen-bond acceptors (Lipinski definition) is 3. The van der Waals surface area contributed by atoms with E-state index >= 15 is 0 Å². The first-order valence-electron chi connectivity index (χ1n) is 62.7. The summed E-state index contributed by atoms with van der Waals surface area (Å²) in [6, 6.07) is 114. The molecule has 0 amide bonds. The molecular formula is C146H88O3. The molecule has 3 heteroatoms. The fraction of sp³-hybridized carbons (Fsp3) is 0. The van der Waals surface area contributed by atoms with Gasteiger partial charge in [0.15, 0.2) is 0 Å². The number of hydrogen-bond donors (Lipinski definition) is 0. The second-order valence-corrected chi connectivity index (χ2v) is 37.4. The van der Waals surface area contributed by atoms with Crippen LogP contribution in [0.3, 0.4) is 0 Å². The van der Waals surface area contributed by atoms with Crippen LogP contribution in [0, 0.1) is 0 Å². The molecular weight excluding hydrogens is 1800 g/mol. The molecule has 3 aromatic heterocycles. The van der Waals surface area contributed by atoms with Gasteiger partial charge in [0.2, 0.25) is 0 Å². The summed E-state index contributed by atoms with van der Waals surface area (Å²) in [5.74, 6) is 0. The number of fused-ring (bicyclic) bond motifs is 23. The van der Waals surface area contributed by atoms with Crippen LogP contribution in [0.5, 0.6) is 0 Å². The van der Waals surface area contributed by atoms with Crippen molar-refractivity contribution in [1.82, 2.24) is 0 Å². The van der Waals surface area contributed by atoms with Gasteiger partial charge in [0.05, 0.1) is 37.0 Å². The number of furan rings is 3. The Morgan fingerprint density at radius 2 is 0.396 bits per heavy atom. The Morgan fingerprint density at radius 1 is 0.128 bits per heavy atom. The molecule has 32 rings (SSSR count). The lowest BCUT2D eigenvalue weighted by atomic mass is 9.81. The molecule has 0 fully saturated rings. The Morgan fingerprint density at radius 3 is 0.812 bits per heavy atom. The summed E-state index contributed by atoms with van der Waals surface area (Å²) in [5.41, 5.74) is 13.5. The van der Waals surface area contributed by atoms with E-state index in [1.165, 1.54) is 0 Å². The number of rotatable bonds is 9. The molecule has 0 N–H and O–H groups in total. The van der Waals surface area contributed by atoms with E-state index in [1.807, 2.05) is 164 Å². The molecule has 0 saturated carbocycles. The van der Waals surface area contributed by atoms with E-state index in [0.717, 1.165) is 185 Å². The van der Waals surface area contributed by atoms with E-state index in [2.05, 4.69) is 206 Å². The average molecular weight is 1920 g/mol. The molecule has 0 aliphatic heterocycles. The molecule has 0 spiro atoms. The maximum Gasteiger partial charge on any atom is 0.136 e. The molecule has 0 radical (unpaired) electrons. The van der Waals surface area contributed by atoms with E-state index < -0.39 is 96.7 Å². The van der Waals surface area contributed by atoms with E-state index in [9.17, 15) is 9.60 Å². The highest BCUT2D eigenvalue weighted by molar-refractivity contribution is 6.32. The van der Waals surface area contributed by atoms with Gasteiger partial charge in [-0.1, -0.05) is 473 Å². The monoisotopic (exact) mass is 1920 g/mol. The van der Waals surface area contributed by atoms with E-state index in [1.54, 1.807) is 0 Å². The Balaban J connectivity index is 0.000000116. The number of benzene rings is 29. The van der Waals surface area contributed by atoms with Crippen molar-refractivity contribution in [2.45, 2.75) is 0 Å². The molecule has 0 saturated heterocycles. The van der Waals surface area contributed by atoms with Crippen LogP contribution in [0.15, 0.2) is 546 Å². The van der Waals surface area contributed by atoms with Gasteiger partial charge in [-0.2, -0.15) is 0 Å². The van der Waals surface area contributed by atoms with E-state index in [0.29, 0.717) is 16.7 Å². The fourth-order valence-corrected chi connectivity index (χ4v) is 23.1. The molecule has 0 aliphatic carbocycles. The quantitative estimate of drug-likeness (QED) is 0.135. The van der Waals surface area contributed by atoms with Gasteiger partial charge in [-0.3, -0.25) is 0 Å². The van der Waals surface area contributed by atoms with E-state index in [4.69, 9.17) is 40.7 Å². The van der Waals surface area contributed by atoms with E-state index in [-0.39, 0.29) is 181 Å². The molecule has 149 heavy (non-hydrogen) atoms. The predicted molar refractivity (Wildman–Crippen MR) is 635 cm³/mol. The fourth-order valence-electron chi connectivity index (χ4n) is 23.1. The minimum absolute atomic E-state index is 0.0460. The smallest absolute Gasteiger partial charge is 0.136 e. The normalized spacial score (nSPS) is 14.4. The summed E-state index contributed by atoms with van der Waals surface area (Å²) in [7, 11) is 0. The zero-order valence-corrected chi connectivity index (χ0v) is 78.9. The van der Waals surface area contributed by atoms with Gasteiger partial charge in [-0.15, -0.1) is 0 Å². The zero-order chi connectivity index (χ0) is 121. The SMILES string of the molecule is [2H]c1c([2H])c(-c2ccc(-c3c4ccccc4c(-c4cccc5ccccc45)c4ccccc34)c3ccccc23)c2c(oc3c([2H])c4c([2H])c([2H])c([2H])c([2H])c4c([2H])c32)c1[2H].[2H]c1c([2H])c(-c2ccc3ccccc3c2-c2c3ccccc3c(-c3cccc4ccccc34)c3ccccc23)c2c(oc3c([2H])c4c([2H])c([2H])c([2H])c([2H])c4c([2H])c32)c1[2H].[2H]c1c([2H])c(-c2ccccc2-c2c3ccccc3c(-c3ccc4ccccc4c3)c3ccccc23)c2c(oc3c([2H])c4c([2H])c([2H])c([2H])c([2H])c4c([2H])c32)c1[2H]. The lowest BCUT2D eigenvalue weighted by Crippen LogP contribution is -1.94. The van der Waals surface area contributed by atoms with Crippen LogP contribution in [0.2, 0.25) is 0 Å². The molecule has 0 aliphatic rings. The predicted octanol–water partition coefficient (Wildman–Crippen LogP) is 41.9. The summed E-state index contributed by atoms with van der Waals surface area (Å²) < 4.78 is 259. The standard InChI is InChI=1S/2C50H30O.C46H28O/c1-2-16-34-30-46-44(29-33(34)15-1)48-40(25-12-26-45(48)51-46)43-28-27-32-14-4-6-19-36(32)49(43)50-41-22-9-7-20-38(41)47(39-21-8-10-23-42(39)50)37-24-11-17-31-13-3-5-18-35(31)37;1-2-15-33-30-47-45(29-32(33)14-1)50-39(25-12-26-46(50)51-47)37-27-28-44(36-19-6-5-18-35(36)37)49-42-22-9-7-20-40(42)48(41-21-8-10-23-43(41)49)38-24-11-16-31-13-3-4-17-34(31)38;1-2-13-30-26-33(25-24-29(30)12-1)44-37-18-7-9-20-39(37)45(40-21-10-8-19-38(40)44)35-17-6-5-16-34(35)36-22-11-23-42-46(36)41-27-31-14-3-4-15-32(31)28-43(41)47-42/h2*1-30H;1-28H/i1D,2D,12D,15D,16D,25D,26D,29D,30D;1D,2D,12D,14D,15D,25D,26D,29D,30D;3D,4D,11D,14D,15D,22D,23D,27D,28D. The molecule has 3 heterocycles. The van der Waals surface area contributed by atoms with Crippen molar-refractivity contribution >= 4 is 217 Å². The third-order valence-electron chi connectivity index (χ3n) is 29.4. The molecule has 3 nitrogen and oxygen atoms in total. The summed E-state index contributed by atoms with van der Waals surface area (Å²) in [6.07, 6.45) is 0. The molecule has 32 aromatic rings. The van der Waals surface area contributed by atoms with Crippen LogP contribution in [0.1, 0.15) is 37.0 Å². The summed E-state index contributed by atoms with van der Waals surface area (Å²) in [6.45, 7) is 0. The molecule has 0 unspecified atom stereocenters. The minimum atomic E-state index is -0.536. The Labute approximate surface area is 895 Å². The van der Waals surface area contributed by atoms with Gasteiger partial charge in [0.25, 0.3) is 0 Å². The van der Waals surface area contributed by atoms with Gasteiger partial charge in [0.1, 0.15) is 33.5 Å². The van der Waals surface area contributed by atoms with Crippen LogP contribution in [-0.2, 0) is 0 Å². The summed E-state index contributed by atoms with van der Waals surface area (Å²) in [4.78, 5) is 0. The zero-order valence-electron chi connectivity index (χ0n) is 106. The highest BCUT2D eigenvalue weighted by Gasteiger charge is 2.29.